The Morgan fingerprint density at radius 3 is 2.63 bits per heavy atom. The molecule has 0 aliphatic heterocycles. The lowest BCUT2D eigenvalue weighted by molar-refractivity contribution is 0.0696. The van der Waals surface area contributed by atoms with Gasteiger partial charge in [0.25, 0.3) is 0 Å². The second kappa shape index (κ2) is 5.95. The van der Waals surface area contributed by atoms with Crippen molar-refractivity contribution in [2.75, 3.05) is 11.4 Å². The van der Waals surface area contributed by atoms with Crippen LogP contribution in [-0.2, 0) is 0 Å². The number of benzene rings is 1. The van der Waals surface area contributed by atoms with E-state index in [-0.39, 0.29) is 0 Å². The number of hydrogen-bond donors (Lipinski definition) is 1. The molecule has 0 amide bonds. The van der Waals surface area contributed by atoms with E-state index >= 15 is 0 Å². The predicted octanol–water partition coefficient (Wildman–Crippen LogP) is 4.16. The third kappa shape index (κ3) is 3.72. The maximum absolute atomic E-state index is 11.0. The Hall–Kier alpha value is -1.03. The summed E-state index contributed by atoms with van der Waals surface area (Å²) in [6.07, 6.45) is 3.65. The van der Waals surface area contributed by atoms with Crippen LogP contribution in [0.4, 0.5) is 5.69 Å². The van der Waals surface area contributed by atoms with Gasteiger partial charge < -0.3 is 10.0 Å². The van der Waals surface area contributed by atoms with Gasteiger partial charge in [0.2, 0.25) is 0 Å². The summed E-state index contributed by atoms with van der Waals surface area (Å²) in [5, 5.41) is 9.05. The molecule has 1 aliphatic carbocycles. The van der Waals surface area contributed by atoms with Crippen molar-refractivity contribution in [2.24, 2.45) is 5.92 Å². The Morgan fingerprint density at radius 1 is 1.47 bits per heavy atom. The van der Waals surface area contributed by atoms with Crippen molar-refractivity contribution in [1.29, 1.82) is 0 Å². The maximum Gasteiger partial charge on any atom is 0.336 e. The molecule has 0 unspecified atom stereocenters. The summed E-state index contributed by atoms with van der Waals surface area (Å²) in [6.45, 7) is 5.50. The van der Waals surface area contributed by atoms with Crippen LogP contribution in [0, 0.1) is 5.92 Å². The van der Waals surface area contributed by atoms with Gasteiger partial charge in [0, 0.05) is 22.7 Å². The van der Waals surface area contributed by atoms with E-state index in [0.717, 1.165) is 18.7 Å². The van der Waals surface area contributed by atoms with Crippen molar-refractivity contribution in [1.82, 2.24) is 0 Å². The zero-order valence-corrected chi connectivity index (χ0v) is 13.0. The number of carboxylic acid groups (broad SMARTS) is 1. The van der Waals surface area contributed by atoms with Crippen molar-refractivity contribution in [2.45, 2.75) is 39.2 Å². The highest BCUT2D eigenvalue weighted by Gasteiger charge is 2.29. The molecule has 1 aliphatic rings. The second-order valence-electron chi connectivity index (χ2n) is 5.58. The summed E-state index contributed by atoms with van der Waals surface area (Å²) in [5.74, 6) is -0.207. The fourth-order valence-electron chi connectivity index (χ4n) is 2.16. The first-order valence-corrected chi connectivity index (χ1v) is 7.58. The first-order chi connectivity index (χ1) is 8.99. The minimum Gasteiger partial charge on any atom is -0.478 e. The molecular weight excluding hydrogens is 306 g/mol. The monoisotopic (exact) mass is 325 g/mol. The van der Waals surface area contributed by atoms with E-state index in [1.165, 1.54) is 12.8 Å². The summed E-state index contributed by atoms with van der Waals surface area (Å²) in [7, 11) is 0. The summed E-state index contributed by atoms with van der Waals surface area (Å²) in [4.78, 5) is 13.4. The van der Waals surface area contributed by atoms with E-state index in [1.807, 2.05) is 12.1 Å². The lowest BCUT2D eigenvalue weighted by Crippen LogP contribution is -2.27. The van der Waals surface area contributed by atoms with Gasteiger partial charge in [0.15, 0.2) is 0 Å². The number of aromatic carboxylic acids is 1. The number of hydrogen-bond acceptors (Lipinski definition) is 2. The molecule has 0 spiro atoms. The molecule has 0 heterocycles. The van der Waals surface area contributed by atoms with Gasteiger partial charge in [-0.3, -0.25) is 0 Å². The van der Waals surface area contributed by atoms with Gasteiger partial charge in [-0.2, -0.15) is 0 Å². The molecule has 0 bridgehead atoms. The molecular formula is C15H20BrNO2. The molecule has 0 aromatic heterocycles. The minimum atomic E-state index is -0.890. The fourth-order valence-corrected chi connectivity index (χ4v) is 2.70. The Bertz CT molecular complexity index is 469. The smallest absolute Gasteiger partial charge is 0.336 e. The van der Waals surface area contributed by atoms with Gasteiger partial charge in [0.05, 0.1) is 5.56 Å². The number of carbonyl (C=O) groups is 1. The molecule has 1 aromatic rings. The highest BCUT2D eigenvalue weighted by molar-refractivity contribution is 9.10. The molecule has 3 nitrogen and oxygen atoms in total. The molecule has 0 atom stereocenters. The number of halogens is 1. The average Bonchev–Trinajstić information content (AvgIpc) is 3.13. The minimum absolute atomic E-state index is 0.323. The van der Waals surface area contributed by atoms with Crippen LogP contribution >= 0.6 is 15.9 Å². The summed E-state index contributed by atoms with van der Waals surface area (Å²) in [6, 6.07) is 6.18. The summed E-state index contributed by atoms with van der Waals surface area (Å²) < 4.78 is 0.660. The van der Waals surface area contributed by atoms with Crippen LogP contribution in [0.5, 0.6) is 0 Å². The first-order valence-electron chi connectivity index (χ1n) is 6.78. The Morgan fingerprint density at radius 2 is 2.16 bits per heavy atom. The van der Waals surface area contributed by atoms with Crippen molar-refractivity contribution in [3.8, 4) is 0 Å². The SMILES string of the molecule is CC(C)CCN(c1ccc(C(=O)O)c(Br)c1)C1CC1. The molecule has 4 heteroatoms. The molecule has 104 valence electrons. The van der Waals surface area contributed by atoms with Crippen molar-refractivity contribution in [3.63, 3.8) is 0 Å². The van der Waals surface area contributed by atoms with Crippen LogP contribution in [0.1, 0.15) is 43.5 Å². The van der Waals surface area contributed by atoms with Crippen LogP contribution in [-0.4, -0.2) is 23.7 Å². The van der Waals surface area contributed by atoms with Gasteiger partial charge >= 0.3 is 5.97 Å². The summed E-state index contributed by atoms with van der Waals surface area (Å²) in [5.41, 5.74) is 1.45. The number of rotatable bonds is 6. The maximum atomic E-state index is 11.0. The highest BCUT2D eigenvalue weighted by atomic mass is 79.9. The second-order valence-corrected chi connectivity index (χ2v) is 6.43. The van der Waals surface area contributed by atoms with E-state index in [4.69, 9.17) is 5.11 Å². The largest absolute Gasteiger partial charge is 0.478 e. The highest BCUT2D eigenvalue weighted by Crippen LogP contribution is 2.34. The van der Waals surface area contributed by atoms with Gasteiger partial charge in [-0.15, -0.1) is 0 Å². The van der Waals surface area contributed by atoms with E-state index in [1.54, 1.807) is 6.07 Å². The standard InChI is InChI=1S/C15H20BrNO2/c1-10(2)7-8-17(11-3-4-11)12-5-6-13(15(18)19)14(16)9-12/h5-6,9-11H,3-4,7-8H2,1-2H3,(H,18,19). The van der Waals surface area contributed by atoms with Crippen LogP contribution in [0.3, 0.4) is 0 Å². The Kier molecular flexibility index (Phi) is 4.50. The normalized spacial score (nSPS) is 14.7. The fraction of sp³-hybridized carbons (Fsp3) is 0.533. The summed E-state index contributed by atoms with van der Waals surface area (Å²) >= 11 is 3.36. The number of nitrogens with zero attached hydrogens (tertiary/aromatic N) is 1. The van der Waals surface area contributed by atoms with Crippen molar-refractivity contribution >= 4 is 27.6 Å². The van der Waals surface area contributed by atoms with Crippen LogP contribution in [0.25, 0.3) is 0 Å². The molecule has 1 N–H and O–H groups in total. The molecule has 1 aromatic carbocycles. The molecule has 0 radical (unpaired) electrons. The van der Waals surface area contributed by atoms with E-state index in [9.17, 15) is 4.79 Å². The molecule has 1 fully saturated rings. The molecule has 0 saturated heterocycles. The van der Waals surface area contributed by atoms with Gasteiger partial charge in [0.1, 0.15) is 0 Å². The number of anilines is 1. The van der Waals surface area contributed by atoms with Crippen molar-refractivity contribution < 1.29 is 9.90 Å². The third-order valence-corrected chi connectivity index (χ3v) is 4.11. The Labute approximate surface area is 122 Å². The lowest BCUT2D eigenvalue weighted by atomic mass is 10.1. The first kappa shape index (κ1) is 14.4. The third-order valence-electron chi connectivity index (χ3n) is 3.45. The molecule has 19 heavy (non-hydrogen) atoms. The van der Waals surface area contributed by atoms with Crippen LogP contribution in [0.2, 0.25) is 0 Å². The van der Waals surface area contributed by atoms with Crippen LogP contribution < -0.4 is 4.90 Å². The van der Waals surface area contributed by atoms with Crippen LogP contribution in [0.15, 0.2) is 22.7 Å². The zero-order chi connectivity index (χ0) is 14.0. The molecule has 1 saturated carbocycles. The van der Waals surface area contributed by atoms with Gasteiger partial charge in [-0.1, -0.05) is 13.8 Å². The number of carboxylic acids is 1. The van der Waals surface area contributed by atoms with Gasteiger partial charge in [-0.05, 0) is 59.3 Å². The average molecular weight is 326 g/mol. The predicted molar refractivity (Wildman–Crippen MR) is 80.9 cm³/mol. The van der Waals surface area contributed by atoms with E-state index < -0.39 is 5.97 Å². The zero-order valence-electron chi connectivity index (χ0n) is 11.4. The lowest BCUT2D eigenvalue weighted by Gasteiger charge is -2.26. The quantitative estimate of drug-likeness (QED) is 0.853. The van der Waals surface area contributed by atoms with Gasteiger partial charge in [-0.25, -0.2) is 4.79 Å². The van der Waals surface area contributed by atoms with E-state index in [2.05, 4.69) is 34.7 Å². The topological polar surface area (TPSA) is 40.5 Å². The Balaban J connectivity index is 2.17. The molecule has 2 rings (SSSR count). The van der Waals surface area contributed by atoms with E-state index in [0.29, 0.717) is 22.0 Å². The van der Waals surface area contributed by atoms with Crippen molar-refractivity contribution in [3.05, 3.63) is 28.2 Å².